The molecule has 160 valence electrons. The van der Waals surface area contributed by atoms with Crippen LogP contribution in [-0.4, -0.2) is 25.5 Å². The zero-order valence-corrected chi connectivity index (χ0v) is 16.9. The van der Waals surface area contributed by atoms with Crippen molar-refractivity contribution in [1.82, 2.24) is 19.6 Å². The van der Waals surface area contributed by atoms with E-state index in [1.54, 1.807) is 37.4 Å². The number of nitrogens with one attached hydrogen (secondary N) is 1. The molecular weight excluding hydrogens is 423 g/mol. The van der Waals surface area contributed by atoms with Gasteiger partial charge in [-0.05, 0) is 31.2 Å². The Bertz CT molecular complexity index is 1030. The van der Waals surface area contributed by atoms with Gasteiger partial charge in [-0.25, -0.2) is 4.68 Å². The molecule has 1 amide bonds. The summed E-state index contributed by atoms with van der Waals surface area (Å²) in [5.41, 5.74) is -0.212. The van der Waals surface area contributed by atoms with Gasteiger partial charge in [-0.2, -0.15) is 23.4 Å². The van der Waals surface area contributed by atoms with Crippen LogP contribution in [0.3, 0.4) is 0 Å². The molecular formula is C19H19ClF3N5O2. The fourth-order valence-corrected chi connectivity index (χ4v) is 2.82. The van der Waals surface area contributed by atoms with Gasteiger partial charge in [0, 0.05) is 10.7 Å². The molecule has 0 fully saturated rings. The number of alkyl halides is 3. The van der Waals surface area contributed by atoms with Crippen molar-refractivity contribution in [1.29, 1.82) is 0 Å². The van der Waals surface area contributed by atoms with Crippen LogP contribution in [0.2, 0.25) is 5.02 Å². The minimum Gasteiger partial charge on any atom is -0.471 e. The Balaban J connectivity index is 1.55. The zero-order chi connectivity index (χ0) is 21.9. The molecule has 0 saturated heterocycles. The molecule has 2 aromatic heterocycles. The molecule has 3 aromatic rings. The molecule has 0 saturated carbocycles. The molecule has 2 heterocycles. The van der Waals surface area contributed by atoms with Crippen molar-refractivity contribution in [2.45, 2.75) is 33.3 Å². The van der Waals surface area contributed by atoms with Crippen LogP contribution in [0.5, 0.6) is 5.75 Å². The van der Waals surface area contributed by atoms with Crippen molar-refractivity contribution in [3.63, 3.8) is 0 Å². The second kappa shape index (κ2) is 8.78. The van der Waals surface area contributed by atoms with Crippen molar-refractivity contribution < 1.29 is 22.7 Å². The van der Waals surface area contributed by atoms with Crippen molar-refractivity contribution in [2.75, 3.05) is 5.32 Å². The predicted molar refractivity (Wildman–Crippen MR) is 104 cm³/mol. The SMILES string of the molecule is Cc1cc(C(F)(F)F)nn1CC(C)C(=O)Nc1cnn(COc2cccc(Cl)c2)c1. The summed E-state index contributed by atoms with van der Waals surface area (Å²) in [6.45, 7) is 3.24. The van der Waals surface area contributed by atoms with Gasteiger partial charge in [-0.15, -0.1) is 0 Å². The quantitative estimate of drug-likeness (QED) is 0.590. The van der Waals surface area contributed by atoms with E-state index in [0.717, 1.165) is 6.07 Å². The number of halogens is 4. The minimum atomic E-state index is -4.52. The number of ether oxygens (including phenoxy) is 1. The Kier molecular flexibility index (Phi) is 6.35. The summed E-state index contributed by atoms with van der Waals surface area (Å²) in [4.78, 5) is 12.4. The van der Waals surface area contributed by atoms with E-state index in [1.807, 2.05) is 0 Å². The number of hydrogen-bond donors (Lipinski definition) is 1. The predicted octanol–water partition coefficient (Wildman–Crippen LogP) is 4.37. The molecule has 7 nitrogen and oxygen atoms in total. The number of amides is 1. The van der Waals surface area contributed by atoms with E-state index in [9.17, 15) is 18.0 Å². The normalized spacial score (nSPS) is 12.6. The Morgan fingerprint density at radius 1 is 1.33 bits per heavy atom. The van der Waals surface area contributed by atoms with Gasteiger partial charge in [-0.3, -0.25) is 9.48 Å². The first-order valence-electron chi connectivity index (χ1n) is 8.95. The number of anilines is 1. The lowest BCUT2D eigenvalue weighted by atomic mass is 10.1. The number of aromatic nitrogens is 4. The van der Waals surface area contributed by atoms with Crippen LogP contribution < -0.4 is 10.1 Å². The number of aryl methyl sites for hydroxylation is 1. The molecule has 0 aliphatic heterocycles. The van der Waals surface area contributed by atoms with Gasteiger partial charge in [0.15, 0.2) is 12.4 Å². The van der Waals surface area contributed by atoms with Crippen LogP contribution >= 0.6 is 11.6 Å². The monoisotopic (exact) mass is 441 g/mol. The minimum absolute atomic E-state index is 0.0137. The van der Waals surface area contributed by atoms with E-state index in [4.69, 9.17) is 16.3 Å². The van der Waals surface area contributed by atoms with Gasteiger partial charge in [0.25, 0.3) is 0 Å². The second-order valence-electron chi connectivity index (χ2n) is 6.74. The van der Waals surface area contributed by atoms with E-state index in [-0.39, 0.29) is 19.2 Å². The first kappa shape index (κ1) is 21.7. The number of hydrogen-bond acceptors (Lipinski definition) is 4. The summed E-state index contributed by atoms with van der Waals surface area (Å²) in [5.74, 6) is -0.408. The number of nitrogens with zero attached hydrogens (tertiary/aromatic N) is 4. The van der Waals surface area contributed by atoms with Crippen LogP contribution in [0.15, 0.2) is 42.7 Å². The summed E-state index contributed by atoms with van der Waals surface area (Å²) < 4.78 is 46.5. The van der Waals surface area contributed by atoms with Crippen molar-refractivity contribution in [3.05, 3.63) is 59.1 Å². The number of carbonyl (C=O) groups excluding carboxylic acids is 1. The molecule has 1 unspecified atom stereocenters. The molecule has 0 radical (unpaired) electrons. The Hall–Kier alpha value is -3.01. The summed E-state index contributed by atoms with van der Waals surface area (Å²) in [6.07, 6.45) is -1.49. The van der Waals surface area contributed by atoms with E-state index in [1.165, 1.54) is 22.5 Å². The lowest BCUT2D eigenvalue weighted by Gasteiger charge is -2.12. The van der Waals surface area contributed by atoms with Crippen LogP contribution in [-0.2, 0) is 24.2 Å². The Morgan fingerprint density at radius 3 is 2.77 bits per heavy atom. The summed E-state index contributed by atoms with van der Waals surface area (Å²) in [6, 6.07) is 7.85. The van der Waals surface area contributed by atoms with Gasteiger partial charge in [0.1, 0.15) is 5.75 Å². The molecule has 0 aliphatic rings. The highest BCUT2D eigenvalue weighted by molar-refractivity contribution is 6.30. The highest BCUT2D eigenvalue weighted by atomic mass is 35.5. The van der Waals surface area contributed by atoms with E-state index in [0.29, 0.717) is 22.2 Å². The standard InChI is InChI=1S/C19H19ClF3N5O2/c1-12(9-28-13(2)6-17(26-28)19(21,22)23)18(29)25-15-8-24-27(10-15)11-30-16-5-3-4-14(20)7-16/h3-8,10,12H,9,11H2,1-2H3,(H,25,29). The molecule has 0 bridgehead atoms. The average molecular weight is 442 g/mol. The highest BCUT2D eigenvalue weighted by Gasteiger charge is 2.34. The third-order valence-electron chi connectivity index (χ3n) is 4.23. The second-order valence-corrected chi connectivity index (χ2v) is 7.18. The molecule has 1 aromatic carbocycles. The Labute approximate surface area is 175 Å². The van der Waals surface area contributed by atoms with Gasteiger partial charge in [-0.1, -0.05) is 24.6 Å². The largest absolute Gasteiger partial charge is 0.471 e. The first-order valence-corrected chi connectivity index (χ1v) is 9.33. The molecule has 0 aliphatic carbocycles. The van der Waals surface area contributed by atoms with E-state index >= 15 is 0 Å². The van der Waals surface area contributed by atoms with Crippen LogP contribution in [0.25, 0.3) is 0 Å². The molecule has 11 heteroatoms. The lowest BCUT2D eigenvalue weighted by molar-refractivity contribution is -0.141. The highest BCUT2D eigenvalue weighted by Crippen LogP contribution is 2.28. The van der Waals surface area contributed by atoms with Gasteiger partial charge < -0.3 is 10.1 Å². The maximum atomic E-state index is 12.8. The van der Waals surface area contributed by atoms with E-state index < -0.39 is 17.8 Å². The van der Waals surface area contributed by atoms with Gasteiger partial charge >= 0.3 is 6.18 Å². The van der Waals surface area contributed by atoms with Gasteiger partial charge in [0.05, 0.1) is 30.5 Å². The number of rotatable bonds is 7. The third kappa shape index (κ3) is 5.53. The topological polar surface area (TPSA) is 74.0 Å². The van der Waals surface area contributed by atoms with Crippen molar-refractivity contribution in [3.8, 4) is 5.75 Å². The number of benzene rings is 1. The van der Waals surface area contributed by atoms with Crippen LogP contribution in [0, 0.1) is 12.8 Å². The molecule has 3 rings (SSSR count). The zero-order valence-electron chi connectivity index (χ0n) is 16.2. The molecule has 1 N–H and O–H groups in total. The molecule has 1 atom stereocenters. The average Bonchev–Trinajstić information content (AvgIpc) is 3.26. The van der Waals surface area contributed by atoms with Crippen molar-refractivity contribution in [2.24, 2.45) is 5.92 Å². The summed E-state index contributed by atoms with van der Waals surface area (Å²) >= 11 is 5.90. The van der Waals surface area contributed by atoms with Crippen molar-refractivity contribution >= 4 is 23.2 Å². The number of carbonyl (C=O) groups is 1. The van der Waals surface area contributed by atoms with E-state index in [2.05, 4.69) is 15.5 Å². The molecule has 0 spiro atoms. The smallest absolute Gasteiger partial charge is 0.435 e. The fraction of sp³-hybridized carbons (Fsp3) is 0.316. The lowest BCUT2D eigenvalue weighted by Crippen LogP contribution is -2.25. The maximum absolute atomic E-state index is 12.8. The maximum Gasteiger partial charge on any atom is 0.435 e. The fourth-order valence-electron chi connectivity index (χ4n) is 2.64. The third-order valence-corrected chi connectivity index (χ3v) is 4.46. The Morgan fingerprint density at radius 2 is 2.10 bits per heavy atom. The van der Waals surface area contributed by atoms with Crippen LogP contribution in [0.1, 0.15) is 18.3 Å². The summed E-state index contributed by atoms with van der Waals surface area (Å²) in [7, 11) is 0. The first-order chi connectivity index (χ1) is 14.1. The van der Waals surface area contributed by atoms with Crippen LogP contribution in [0.4, 0.5) is 18.9 Å². The molecule has 30 heavy (non-hydrogen) atoms. The van der Waals surface area contributed by atoms with Gasteiger partial charge in [0.2, 0.25) is 5.91 Å². The summed E-state index contributed by atoms with van der Waals surface area (Å²) in [5, 5.41) is 10.9.